The first-order chi connectivity index (χ1) is 8.51. The van der Waals surface area contributed by atoms with Gasteiger partial charge in [0, 0.05) is 6.04 Å². The number of rotatable bonds is 9. The van der Waals surface area contributed by atoms with E-state index in [-0.39, 0.29) is 6.04 Å². The van der Waals surface area contributed by atoms with Crippen molar-refractivity contribution in [1.29, 1.82) is 0 Å². The van der Waals surface area contributed by atoms with Crippen molar-refractivity contribution in [3.63, 3.8) is 0 Å². The number of carboxylic acid groups (broad SMARTS) is 1. The van der Waals surface area contributed by atoms with Crippen LogP contribution in [0.3, 0.4) is 0 Å². The molecule has 0 aliphatic carbocycles. The van der Waals surface area contributed by atoms with E-state index in [2.05, 4.69) is 10.6 Å². The van der Waals surface area contributed by atoms with Crippen molar-refractivity contribution >= 4 is 23.8 Å². The van der Waals surface area contributed by atoms with Gasteiger partial charge in [-0.15, -0.1) is 0 Å². The maximum atomic E-state index is 11.6. The predicted octanol–water partition coefficient (Wildman–Crippen LogP) is 2.07. The SMILES string of the molecule is CCCC[C@H](NC(=O)NC(C)CCSC)C(=O)O. The second-order valence-electron chi connectivity index (χ2n) is 4.33. The Kier molecular flexibility index (Phi) is 9.55. The number of aliphatic carboxylic acids is 1. The smallest absolute Gasteiger partial charge is 0.326 e. The van der Waals surface area contributed by atoms with E-state index in [1.165, 1.54) is 0 Å². The van der Waals surface area contributed by atoms with Gasteiger partial charge in [0.1, 0.15) is 6.04 Å². The molecule has 18 heavy (non-hydrogen) atoms. The highest BCUT2D eigenvalue weighted by Crippen LogP contribution is 2.02. The van der Waals surface area contributed by atoms with Gasteiger partial charge < -0.3 is 15.7 Å². The topological polar surface area (TPSA) is 78.4 Å². The highest BCUT2D eigenvalue weighted by molar-refractivity contribution is 7.98. The van der Waals surface area contributed by atoms with E-state index in [0.29, 0.717) is 6.42 Å². The summed E-state index contributed by atoms with van der Waals surface area (Å²) in [6.45, 7) is 3.90. The van der Waals surface area contributed by atoms with Gasteiger partial charge in [-0.1, -0.05) is 19.8 Å². The van der Waals surface area contributed by atoms with Crippen LogP contribution >= 0.6 is 11.8 Å². The van der Waals surface area contributed by atoms with Crippen molar-refractivity contribution in [2.45, 2.75) is 51.6 Å². The molecule has 0 saturated carbocycles. The summed E-state index contributed by atoms with van der Waals surface area (Å²) < 4.78 is 0. The van der Waals surface area contributed by atoms with Crippen LogP contribution in [-0.2, 0) is 4.79 Å². The van der Waals surface area contributed by atoms with Crippen LogP contribution in [0.4, 0.5) is 4.79 Å². The quantitative estimate of drug-likeness (QED) is 0.602. The van der Waals surface area contributed by atoms with Crippen LogP contribution in [0.2, 0.25) is 0 Å². The molecule has 0 bridgehead atoms. The molecule has 0 heterocycles. The van der Waals surface area contributed by atoms with E-state index in [1.807, 2.05) is 20.1 Å². The third kappa shape index (κ3) is 8.22. The Morgan fingerprint density at radius 3 is 2.44 bits per heavy atom. The van der Waals surface area contributed by atoms with Gasteiger partial charge in [-0.05, 0) is 31.8 Å². The molecule has 3 N–H and O–H groups in total. The molecule has 2 atom stereocenters. The van der Waals surface area contributed by atoms with Crippen LogP contribution in [0, 0.1) is 0 Å². The number of thioether (sulfide) groups is 1. The number of hydrogen-bond acceptors (Lipinski definition) is 3. The Labute approximate surface area is 113 Å². The van der Waals surface area contributed by atoms with Gasteiger partial charge in [-0.3, -0.25) is 0 Å². The number of urea groups is 1. The van der Waals surface area contributed by atoms with E-state index in [9.17, 15) is 9.59 Å². The van der Waals surface area contributed by atoms with Gasteiger partial charge in [0.05, 0.1) is 0 Å². The van der Waals surface area contributed by atoms with Gasteiger partial charge in [-0.25, -0.2) is 9.59 Å². The highest BCUT2D eigenvalue weighted by Gasteiger charge is 2.19. The Morgan fingerprint density at radius 1 is 1.28 bits per heavy atom. The van der Waals surface area contributed by atoms with E-state index >= 15 is 0 Å². The molecule has 0 rings (SSSR count). The summed E-state index contributed by atoms with van der Waals surface area (Å²) in [5.41, 5.74) is 0. The fraction of sp³-hybridized carbons (Fsp3) is 0.833. The number of carboxylic acids is 1. The molecular formula is C12H24N2O3S. The molecule has 6 heteroatoms. The molecule has 0 aliphatic heterocycles. The van der Waals surface area contributed by atoms with Gasteiger partial charge in [0.25, 0.3) is 0 Å². The summed E-state index contributed by atoms with van der Waals surface area (Å²) in [4.78, 5) is 22.6. The normalized spacial score (nSPS) is 13.7. The standard InChI is InChI=1S/C12H24N2O3S/c1-4-5-6-10(11(15)16)14-12(17)13-9(2)7-8-18-3/h9-10H,4-8H2,1-3H3,(H,15,16)(H2,13,14,17)/t9?,10-/m0/s1. The number of amides is 2. The van der Waals surface area contributed by atoms with Gasteiger partial charge in [-0.2, -0.15) is 11.8 Å². The second-order valence-corrected chi connectivity index (χ2v) is 5.32. The average Bonchev–Trinajstić information content (AvgIpc) is 2.31. The Balaban J connectivity index is 4.04. The molecular weight excluding hydrogens is 252 g/mol. The number of carbonyl (C=O) groups excluding carboxylic acids is 1. The van der Waals surface area contributed by atoms with E-state index in [4.69, 9.17) is 5.11 Å². The minimum Gasteiger partial charge on any atom is -0.480 e. The van der Waals surface area contributed by atoms with Crippen LogP contribution in [0.5, 0.6) is 0 Å². The molecule has 0 saturated heterocycles. The predicted molar refractivity (Wildman–Crippen MR) is 75.1 cm³/mol. The Morgan fingerprint density at radius 2 is 1.94 bits per heavy atom. The van der Waals surface area contributed by atoms with Crippen LogP contribution in [-0.4, -0.2) is 41.2 Å². The number of nitrogens with one attached hydrogen (secondary N) is 2. The molecule has 0 aromatic rings. The van der Waals surface area contributed by atoms with Crippen LogP contribution < -0.4 is 10.6 Å². The van der Waals surface area contributed by atoms with Gasteiger partial charge in [0.2, 0.25) is 0 Å². The third-order valence-corrected chi connectivity index (χ3v) is 3.23. The molecule has 5 nitrogen and oxygen atoms in total. The van der Waals surface area contributed by atoms with E-state index in [0.717, 1.165) is 25.0 Å². The van der Waals surface area contributed by atoms with Crippen molar-refractivity contribution in [3.8, 4) is 0 Å². The van der Waals surface area contributed by atoms with Crippen molar-refractivity contribution in [2.24, 2.45) is 0 Å². The minimum absolute atomic E-state index is 0.0538. The highest BCUT2D eigenvalue weighted by atomic mass is 32.2. The lowest BCUT2D eigenvalue weighted by Crippen LogP contribution is -2.48. The third-order valence-electron chi connectivity index (χ3n) is 2.58. The van der Waals surface area contributed by atoms with Gasteiger partial charge in [0.15, 0.2) is 0 Å². The molecule has 0 spiro atoms. The largest absolute Gasteiger partial charge is 0.480 e. The summed E-state index contributed by atoms with van der Waals surface area (Å²) in [6, 6.07) is -1.14. The number of carbonyl (C=O) groups is 2. The van der Waals surface area contributed by atoms with Crippen molar-refractivity contribution in [1.82, 2.24) is 10.6 Å². The summed E-state index contributed by atoms with van der Waals surface area (Å²) in [5.74, 6) is -0.00465. The zero-order valence-electron chi connectivity index (χ0n) is 11.4. The lowest BCUT2D eigenvalue weighted by atomic mass is 10.1. The summed E-state index contributed by atoms with van der Waals surface area (Å²) in [5, 5.41) is 14.2. The number of unbranched alkanes of at least 4 members (excludes halogenated alkanes) is 1. The zero-order chi connectivity index (χ0) is 14.0. The first-order valence-corrected chi connectivity index (χ1v) is 7.69. The van der Waals surface area contributed by atoms with Crippen LogP contribution in [0.25, 0.3) is 0 Å². The first kappa shape index (κ1) is 17.1. The maximum Gasteiger partial charge on any atom is 0.326 e. The monoisotopic (exact) mass is 276 g/mol. The minimum atomic E-state index is -0.977. The molecule has 0 radical (unpaired) electrons. The number of hydrogen-bond donors (Lipinski definition) is 3. The first-order valence-electron chi connectivity index (χ1n) is 6.30. The van der Waals surface area contributed by atoms with Crippen LogP contribution in [0.1, 0.15) is 39.5 Å². The lowest BCUT2D eigenvalue weighted by molar-refractivity contribution is -0.139. The Bertz CT molecular complexity index is 262. The van der Waals surface area contributed by atoms with Crippen molar-refractivity contribution < 1.29 is 14.7 Å². The maximum absolute atomic E-state index is 11.6. The molecule has 1 unspecified atom stereocenters. The van der Waals surface area contributed by atoms with Crippen LogP contribution in [0.15, 0.2) is 0 Å². The average molecular weight is 276 g/mol. The molecule has 106 valence electrons. The molecule has 0 aromatic carbocycles. The Hall–Kier alpha value is -0.910. The second kappa shape index (κ2) is 10.1. The fourth-order valence-electron chi connectivity index (χ4n) is 1.46. The van der Waals surface area contributed by atoms with Crippen molar-refractivity contribution in [2.75, 3.05) is 12.0 Å². The zero-order valence-corrected chi connectivity index (χ0v) is 12.2. The fourth-order valence-corrected chi connectivity index (χ4v) is 2.05. The molecule has 0 aromatic heterocycles. The van der Waals surface area contributed by atoms with E-state index < -0.39 is 18.0 Å². The van der Waals surface area contributed by atoms with Crippen molar-refractivity contribution in [3.05, 3.63) is 0 Å². The molecule has 0 aliphatic rings. The lowest BCUT2D eigenvalue weighted by Gasteiger charge is -2.18. The van der Waals surface area contributed by atoms with Gasteiger partial charge >= 0.3 is 12.0 Å². The summed E-state index contributed by atoms with van der Waals surface area (Å²) >= 11 is 1.72. The summed E-state index contributed by atoms with van der Waals surface area (Å²) in [7, 11) is 0. The molecule has 2 amide bonds. The van der Waals surface area contributed by atoms with E-state index in [1.54, 1.807) is 11.8 Å². The summed E-state index contributed by atoms with van der Waals surface area (Å²) in [6.07, 6.45) is 5.06. The molecule has 0 fully saturated rings.